The second-order valence-corrected chi connectivity index (χ2v) is 6.68. The molecule has 0 atom stereocenters. The van der Waals surface area contributed by atoms with Crippen molar-refractivity contribution in [3.05, 3.63) is 97.1 Å². The Morgan fingerprint density at radius 2 is 1.83 bits per heavy atom. The average molecular weight is 382 g/mol. The Kier molecular flexibility index (Phi) is 5.12. The summed E-state index contributed by atoms with van der Waals surface area (Å²) in [4.78, 5) is 6.31. The van der Waals surface area contributed by atoms with E-state index < -0.39 is 0 Å². The van der Waals surface area contributed by atoms with E-state index in [4.69, 9.17) is 0 Å². The van der Waals surface area contributed by atoms with E-state index in [1.807, 2.05) is 59.7 Å². The van der Waals surface area contributed by atoms with Gasteiger partial charge in [-0.1, -0.05) is 36.4 Å². The van der Waals surface area contributed by atoms with Gasteiger partial charge in [-0.25, -0.2) is 0 Å². The molecule has 1 aromatic heterocycles. The number of nitrogens with zero attached hydrogens (tertiary/aromatic N) is 4. The summed E-state index contributed by atoms with van der Waals surface area (Å²) in [5.74, 6) is 0.213. The van der Waals surface area contributed by atoms with E-state index in [0.717, 1.165) is 17.1 Å². The number of aromatic hydroxyl groups is 1. The molecule has 5 heteroatoms. The lowest BCUT2D eigenvalue weighted by Gasteiger charge is -2.22. The van der Waals surface area contributed by atoms with Gasteiger partial charge in [0.05, 0.1) is 12.0 Å². The molecule has 3 aromatic carbocycles. The second-order valence-electron chi connectivity index (χ2n) is 6.68. The van der Waals surface area contributed by atoms with Crippen molar-refractivity contribution in [1.29, 1.82) is 0 Å². The Labute approximate surface area is 170 Å². The molecule has 5 nitrogen and oxygen atoms in total. The fourth-order valence-corrected chi connectivity index (χ4v) is 3.27. The zero-order chi connectivity index (χ0) is 20.2. The van der Waals surface area contributed by atoms with Crippen LogP contribution in [0.5, 0.6) is 5.75 Å². The highest BCUT2D eigenvalue weighted by molar-refractivity contribution is 5.90. The average Bonchev–Trinajstić information content (AvgIpc) is 3.23. The van der Waals surface area contributed by atoms with Gasteiger partial charge in [0.25, 0.3) is 6.33 Å². The van der Waals surface area contributed by atoms with Crippen LogP contribution < -0.4 is 9.47 Å². The number of aryl methyl sites for hydroxylation is 1. The van der Waals surface area contributed by atoms with Crippen LogP contribution in [0.25, 0.3) is 11.4 Å². The first-order valence-corrected chi connectivity index (χ1v) is 9.35. The third-order valence-electron chi connectivity index (χ3n) is 4.71. The Bertz CT molecular complexity index is 1160. The van der Waals surface area contributed by atoms with Gasteiger partial charge in [0.15, 0.2) is 0 Å². The van der Waals surface area contributed by atoms with Crippen LogP contribution in [0.4, 0.5) is 11.4 Å². The Balaban J connectivity index is 1.72. The summed E-state index contributed by atoms with van der Waals surface area (Å²) in [6, 6.07) is 23.6. The molecule has 0 saturated carbocycles. The van der Waals surface area contributed by atoms with Gasteiger partial charge >= 0.3 is 0 Å². The number of phenolic OH excluding ortho intramolecular Hbond substituents is 1. The van der Waals surface area contributed by atoms with Crippen LogP contribution in [-0.4, -0.2) is 23.1 Å². The quantitative estimate of drug-likeness (QED) is 0.241. The van der Waals surface area contributed by atoms with Crippen molar-refractivity contribution in [2.24, 2.45) is 4.99 Å². The molecule has 1 N–H and O–H groups in total. The van der Waals surface area contributed by atoms with E-state index in [0.29, 0.717) is 5.69 Å². The molecular weight excluding hydrogens is 360 g/mol. The van der Waals surface area contributed by atoms with Crippen molar-refractivity contribution >= 4 is 17.7 Å². The molecular formula is C24H22N4O. The predicted molar refractivity (Wildman–Crippen MR) is 116 cm³/mol. The van der Waals surface area contributed by atoms with Gasteiger partial charge in [-0.2, -0.15) is 0 Å². The topological polar surface area (TPSA) is 44.6 Å². The molecule has 4 aromatic rings. The molecule has 4 rings (SSSR count). The highest BCUT2D eigenvalue weighted by Crippen LogP contribution is 2.28. The predicted octanol–water partition coefficient (Wildman–Crippen LogP) is 4.36. The fourth-order valence-electron chi connectivity index (χ4n) is 3.27. The van der Waals surface area contributed by atoms with Crippen LogP contribution in [-0.2, 0) is 0 Å². The summed E-state index contributed by atoms with van der Waals surface area (Å²) >= 11 is 0. The molecule has 0 unspecified atom stereocenters. The Hall–Kier alpha value is -3.86. The zero-order valence-electron chi connectivity index (χ0n) is 16.4. The maximum absolute atomic E-state index is 10.1. The highest BCUT2D eigenvalue weighted by Gasteiger charge is 2.11. The summed E-state index contributed by atoms with van der Waals surface area (Å²) in [5.41, 5.74) is 4.89. The number of anilines is 2. The maximum atomic E-state index is 10.1. The van der Waals surface area contributed by atoms with Crippen LogP contribution in [0.2, 0.25) is 0 Å². The first-order valence-electron chi connectivity index (χ1n) is 9.35. The van der Waals surface area contributed by atoms with Crippen LogP contribution in [0, 0.1) is 13.3 Å². The number of aromatic nitrogens is 2. The minimum atomic E-state index is 0.213. The van der Waals surface area contributed by atoms with Gasteiger partial charge in [-0.3, -0.25) is 14.1 Å². The van der Waals surface area contributed by atoms with Gasteiger partial charge in [0, 0.05) is 30.8 Å². The SMILES string of the molecule is CN=CN(c1cccc(-n2[c-][n+](-c3ccccc3O)cc2)c1)c1ccccc1C. The van der Waals surface area contributed by atoms with Gasteiger partial charge in [-0.15, -0.1) is 0 Å². The monoisotopic (exact) mass is 382 g/mol. The number of imidazole rings is 1. The number of para-hydroxylation sites is 3. The van der Waals surface area contributed by atoms with Gasteiger partial charge in [-0.05, 0) is 48.9 Å². The molecule has 0 fully saturated rings. The van der Waals surface area contributed by atoms with Crippen molar-refractivity contribution < 1.29 is 9.67 Å². The van der Waals surface area contributed by atoms with Gasteiger partial charge < -0.3 is 10.0 Å². The van der Waals surface area contributed by atoms with Crippen molar-refractivity contribution in [3.8, 4) is 17.1 Å². The van der Waals surface area contributed by atoms with Gasteiger partial charge in [0.1, 0.15) is 11.4 Å². The number of benzene rings is 3. The van der Waals surface area contributed by atoms with E-state index in [9.17, 15) is 5.11 Å². The van der Waals surface area contributed by atoms with Crippen molar-refractivity contribution in [2.75, 3.05) is 11.9 Å². The first-order chi connectivity index (χ1) is 14.2. The zero-order valence-corrected chi connectivity index (χ0v) is 16.4. The van der Waals surface area contributed by atoms with Crippen molar-refractivity contribution in [1.82, 2.24) is 4.57 Å². The Morgan fingerprint density at radius 3 is 2.62 bits per heavy atom. The fraction of sp³-hybridized carbons (Fsp3) is 0.0833. The molecule has 29 heavy (non-hydrogen) atoms. The van der Waals surface area contributed by atoms with E-state index in [-0.39, 0.29) is 5.75 Å². The summed E-state index contributed by atoms with van der Waals surface area (Å²) in [5, 5.41) is 10.1. The number of phenols is 1. The van der Waals surface area contributed by atoms with Crippen molar-refractivity contribution in [2.45, 2.75) is 6.92 Å². The standard InChI is InChI=1S/C24H22N4O/c1-19-8-3-4-11-22(19)28(17-25-2)21-10-7-9-20(16-21)26-14-15-27(18-26)23-12-5-6-13-24(23)29/h3-17,29H,1-2H3. The summed E-state index contributed by atoms with van der Waals surface area (Å²) in [6.45, 7) is 2.09. The summed E-state index contributed by atoms with van der Waals surface area (Å²) in [7, 11) is 1.77. The largest absolute Gasteiger partial charge is 0.511 e. The summed E-state index contributed by atoms with van der Waals surface area (Å²) in [6.07, 6.45) is 8.86. The second kappa shape index (κ2) is 8.02. The Morgan fingerprint density at radius 1 is 1.03 bits per heavy atom. The molecule has 0 aliphatic carbocycles. The van der Waals surface area contributed by atoms with Crippen LogP contribution in [0.3, 0.4) is 0 Å². The smallest absolute Gasteiger partial charge is 0.268 e. The van der Waals surface area contributed by atoms with Crippen molar-refractivity contribution in [3.63, 3.8) is 0 Å². The molecule has 0 aliphatic rings. The number of hydrogen-bond acceptors (Lipinski definition) is 2. The van der Waals surface area contributed by atoms with E-state index in [1.165, 1.54) is 5.56 Å². The molecule has 0 amide bonds. The molecule has 0 aliphatic heterocycles. The number of aliphatic imine (C=N–C) groups is 1. The van der Waals surface area contributed by atoms with Crippen LogP contribution in [0.1, 0.15) is 5.56 Å². The lowest BCUT2D eigenvalue weighted by Crippen LogP contribution is -2.28. The first kappa shape index (κ1) is 18.5. The molecule has 0 saturated heterocycles. The number of rotatable bonds is 5. The minimum absolute atomic E-state index is 0.213. The molecule has 0 bridgehead atoms. The third kappa shape index (κ3) is 3.75. The lowest BCUT2D eigenvalue weighted by molar-refractivity contribution is -0.599. The number of hydrogen-bond donors (Lipinski definition) is 1. The third-order valence-corrected chi connectivity index (χ3v) is 4.71. The van der Waals surface area contributed by atoms with E-state index >= 15 is 0 Å². The lowest BCUT2D eigenvalue weighted by atomic mass is 10.1. The minimum Gasteiger partial charge on any atom is -0.511 e. The van der Waals surface area contributed by atoms with Gasteiger partial charge in [0.2, 0.25) is 0 Å². The van der Waals surface area contributed by atoms with E-state index in [1.54, 1.807) is 23.7 Å². The van der Waals surface area contributed by atoms with Crippen LogP contribution in [0.15, 0.2) is 90.2 Å². The molecule has 1 heterocycles. The maximum Gasteiger partial charge on any atom is 0.268 e. The molecule has 0 spiro atoms. The normalized spacial score (nSPS) is 11.1. The van der Waals surface area contributed by atoms with E-state index in [2.05, 4.69) is 47.4 Å². The molecule has 144 valence electrons. The van der Waals surface area contributed by atoms with Crippen LogP contribution >= 0.6 is 0 Å². The summed E-state index contributed by atoms with van der Waals surface area (Å²) < 4.78 is 3.67. The highest BCUT2D eigenvalue weighted by atomic mass is 16.3. The molecule has 0 radical (unpaired) electrons.